The predicted molar refractivity (Wildman–Crippen MR) is 108 cm³/mol. The number of nitro benzene ring substituents is 1. The number of esters is 1. The van der Waals surface area contributed by atoms with Crippen molar-refractivity contribution in [2.24, 2.45) is 0 Å². The number of aliphatic hydroxyl groups is 1. The van der Waals surface area contributed by atoms with Gasteiger partial charge in [0.15, 0.2) is 0 Å². The monoisotopic (exact) mass is 473 g/mol. The van der Waals surface area contributed by atoms with Gasteiger partial charge in [-0.1, -0.05) is 0 Å². The molecule has 0 bridgehead atoms. The first-order chi connectivity index (χ1) is 14.6. The zero-order chi connectivity index (χ0) is 24.5. The molecule has 1 N–H and O–H groups in total. The minimum absolute atomic E-state index is 0.184. The van der Waals surface area contributed by atoms with Crippen LogP contribution in [0.15, 0.2) is 24.3 Å². The molecule has 0 aromatic heterocycles. The number of nitrogens with zero attached hydrogens (tertiary/aromatic N) is 3. The third kappa shape index (κ3) is 5.38. The Kier molecular flexibility index (Phi) is 6.92. The van der Waals surface area contributed by atoms with Gasteiger partial charge < -0.3 is 14.7 Å². The van der Waals surface area contributed by atoms with Gasteiger partial charge in [-0.2, -0.15) is 8.42 Å². The van der Waals surface area contributed by atoms with E-state index in [0.29, 0.717) is 16.7 Å². The third-order valence-corrected chi connectivity index (χ3v) is 5.50. The molecule has 1 fully saturated rings. The van der Waals surface area contributed by atoms with E-state index >= 15 is 0 Å². The first kappa shape index (κ1) is 25.2. The number of amides is 3. The number of ether oxygens (including phenoxy) is 1. The Hall–Kier alpha value is -3.10. The Morgan fingerprint density at radius 2 is 1.81 bits per heavy atom. The van der Waals surface area contributed by atoms with Gasteiger partial charge in [-0.3, -0.25) is 24.0 Å². The van der Waals surface area contributed by atoms with E-state index in [1.54, 1.807) is 0 Å². The van der Waals surface area contributed by atoms with Crippen LogP contribution < -0.4 is 0 Å². The van der Waals surface area contributed by atoms with Crippen LogP contribution in [0.2, 0.25) is 0 Å². The third-order valence-electron chi connectivity index (χ3n) is 4.95. The summed E-state index contributed by atoms with van der Waals surface area (Å²) in [6.45, 7) is 0.489. The standard InChI is InChI=1S/C18H23N3O10S/c1-17(2)14(22)20(16(24)19(17)3)10-18(25,11-31-32(4,28)29)15(23)30-9-12-5-7-13(8-6-12)21(26)27/h5-8,25H,9-11H2,1-4H3. The molecule has 1 unspecified atom stereocenters. The molecule has 32 heavy (non-hydrogen) atoms. The summed E-state index contributed by atoms with van der Waals surface area (Å²) in [5.41, 5.74) is -3.80. The molecule has 1 aromatic rings. The van der Waals surface area contributed by atoms with Crippen molar-refractivity contribution in [1.29, 1.82) is 0 Å². The van der Waals surface area contributed by atoms with Crippen LogP contribution in [0.3, 0.4) is 0 Å². The van der Waals surface area contributed by atoms with Gasteiger partial charge in [-0.25, -0.2) is 9.59 Å². The van der Waals surface area contributed by atoms with Gasteiger partial charge in [0, 0.05) is 19.2 Å². The van der Waals surface area contributed by atoms with E-state index in [2.05, 4.69) is 4.18 Å². The fourth-order valence-electron chi connectivity index (χ4n) is 2.75. The van der Waals surface area contributed by atoms with Crippen LogP contribution in [0, 0.1) is 10.1 Å². The summed E-state index contributed by atoms with van der Waals surface area (Å²) >= 11 is 0. The first-order valence-corrected chi connectivity index (χ1v) is 11.0. The lowest BCUT2D eigenvalue weighted by atomic mass is 10.0. The van der Waals surface area contributed by atoms with Crippen LogP contribution in [0.5, 0.6) is 0 Å². The number of carbonyl (C=O) groups is 3. The van der Waals surface area contributed by atoms with Gasteiger partial charge in [-0.05, 0) is 31.5 Å². The number of rotatable bonds is 9. The maximum Gasteiger partial charge on any atom is 0.342 e. The average molecular weight is 473 g/mol. The summed E-state index contributed by atoms with van der Waals surface area (Å²) in [5.74, 6) is -2.07. The second kappa shape index (κ2) is 8.80. The molecule has 13 nitrogen and oxygen atoms in total. The highest BCUT2D eigenvalue weighted by atomic mass is 32.2. The van der Waals surface area contributed by atoms with E-state index in [9.17, 15) is 38.0 Å². The van der Waals surface area contributed by atoms with Crippen molar-refractivity contribution in [2.75, 3.05) is 26.5 Å². The highest BCUT2D eigenvalue weighted by Gasteiger charge is 2.53. The molecule has 3 amide bonds. The maximum atomic E-state index is 12.7. The Morgan fingerprint density at radius 3 is 2.25 bits per heavy atom. The fraction of sp³-hybridized carbons (Fsp3) is 0.500. The number of carbonyl (C=O) groups excluding carboxylic acids is 3. The number of non-ortho nitro benzene ring substituents is 1. The maximum absolute atomic E-state index is 12.7. The predicted octanol–water partition coefficient (Wildman–Crippen LogP) is 0.0179. The first-order valence-electron chi connectivity index (χ1n) is 9.15. The second-order valence-corrected chi connectivity index (χ2v) is 9.43. The zero-order valence-corrected chi connectivity index (χ0v) is 18.6. The van der Waals surface area contributed by atoms with Crippen molar-refractivity contribution in [2.45, 2.75) is 31.6 Å². The number of hydrogen-bond acceptors (Lipinski definition) is 10. The van der Waals surface area contributed by atoms with Crippen molar-refractivity contribution >= 4 is 33.7 Å². The van der Waals surface area contributed by atoms with Gasteiger partial charge in [-0.15, -0.1) is 0 Å². The molecule has 1 atom stereocenters. The zero-order valence-electron chi connectivity index (χ0n) is 17.8. The molecule has 0 spiro atoms. The summed E-state index contributed by atoms with van der Waals surface area (Å²) in [4.78, 5) is 49.5. The van der Waals surface area contributed by atoms with Crippen molar-refractivity contribution in [3.8, 4) is 0 Å². The molecule has 1 saturated heterocycles. The van der Waals surface area contributed by atoms with Crippen molar-refractivity contribution in [1.82, 2.24) is 9.80 Å². The quantitative estimate of drug-likeness (QED) is 0.169. The van der Waals surface area contributed by atoms with Gasteiger partial charge >= 0.3 is 12.0 Å². The van der Waals surface area contributed by atoms with E-state index in [1.807, 2.05) is 0 Å². The molecule has 1 heterocycles. The van der Waals surface area contributed by atoms with Gasteiger partial charge in [0.1, 0.15) is 18.8 Å². The molecule has 14 heteroatoms. The van der Waals surface area contributed by atoms with Crippen molar-refractivity contribution < 1.29 is 41.8 Å². The van der Waals surface area contributed by atoms with Crippen LogP contribution in [-0.2, 0) is 35.2 Å². The number of imide groups is 1. The molecule has 176 valence electrons. The molecular weight excluding hydrogens is 450 g/mol. The minimum Gasteiger partial charge on any atom is -0.459 e. The van der Waals surface area contributed by atoms with Crippen molar-refractivity contribution in [3.05, 3.63) is 39.9 Å². The van der Waals surface area contributed by atoms with Crippen LogP contribution in [0.1, 0.15) is 19.4 Å². The van der Waals surface area contributed by atoms with E-state index in [0.717, 1.165) is 4.90 Å². The van der Waals surface area contributed by atoms with Gasteiger partial charge in [0.2, 0.25) is 5.60 Å². The molecule has 1 aliphatic heterocycles. The molecule has 1 aromatic carbocycles. The topological polar surface area (TPSA) is 174 Å². The Balaban J connectivity index is 2.22. The normalized spacial score (nSPS) is 17.9. The minimum atomic E-state index is -4.10. The van der Waals surface area contributed by atoms with E-state index in [4.69, 9.17) is 4.74 Å². The number of benzene rings is 1. The number of urea groups is 1. The molecule has 0 aliphatic carbocycles. The number of β-amino-alcohol motifs (C(OH)–C–C–N with tert-alkyl or cyclic N) is 1. The molecule has 0 radical (unpaired) electrons. The molecule has 0 saturated carbocycles. The largest absolute Gasteiger partial charge is 0.459 e. The van der Waals surface area contributed by atoms with Crippen LogP contribution in [-0.4, -0.2) is 83.8 Å². The summed E-state index contributed by atoms with van der Waals surface area (Å²) < 4.78 is 32.4. The van der Waals surface area contributed by atoms with Gasteiger partial charge in [0.05, 0.1) is 17.7 Å². The lowest BCUT2D eigenvalue weighted by Crippen LogP contribution is -2.55. The highest BCUT2D eigenvalue weighted by molar-refractivity contribution is 7.85. The highest BCUT2D eigenvalue weighted by Crippen LogP contribution is 2.28. The van der Waals surface area contributed by atoms with E-state index in [1.165, 1.54) is 45.2 Å². The lowest BCUT2D eigenvalue weighted by molar-refractivity contribution is -0.384. The Bertz CT molecular complexity index is 1040. The van der Waals surface area contributed by atoms with Crippen molar-refractivity contribution in [3.63, 3.8) is 0 Å². The van der Waals surface area contributed by atoms with Crippen LogP contribution in [0.25, 0.3) is 0 Å². The smallest absolute Gasteiger partial charge is 0.342 e. The van der Waals surface area contributed by atoms with Gasteiger partial charge in [0.25, 0.3) is 21.7 Å². The lowest BCUT2D eigenvalue weighted by Gasteiger charge is -2.28. The van der Waals surface area contributed by atoms with Crippen LogP contribution in [0.4, 0.5) is 10.5 Å². The number of likely N-dealkylation sites (N-methyl/N-ethyl adjacent to an activating group) is 1. The summed E-state index contributed by atoms with van der Waals surface area (Å²) in [6.07, 6.45) is 0.693. The van der Waals surface area contributed by atoms with E-state index in [-0.39, 0.29) is 5.69 Å². The molecular formula is C18H23N3O10S. The number of hydrogen-bond donors (Lipinski definition) is 1. The number of nitro groups is 1. The summed E-state index contributed by atoms with van der Waals surface area (Å²) in [7, 11) is -2.74. The average Bonchev–Trinajstić information content (AvgIpc) is 2.85. The second-order valence-electron chi connectivity index (χ2n) is 7.79. The molecule has 1 aliphatic rings. The fourth-order valence-corrected chi connectivity index (χ4v) is 3.16. The Morgan fingerprint density at radius 1 is 1.25 bits per heavy atom. The summed E-state index contributed by atoms with van der Waals surface area (Å²) in [5, 5.41) is 21.6. The Labute approximate surface area is 183 Å². The van der Waals surface area contributed by atoms with Crippen LogP contribution >= 0.6 is 0 Å². The SMILES string of the molecule is CN1C(=O)N(CC(O)(COS(C)(=O)=O)C(=O)OCc2ccc([N+](=O)[O-])cc2)C(=O)C1(C)C. The summed E-state index contributed by atoms with van der Waals surface area (Å²) in [6, 6.07) is 4.20. The van der Waals surface area contributed by atoms with E-state index < -0.39 is 63.8 Å². The molecule has 2 rings (SSSR count).